The van der Waals surface area contributed by atoms with Crippen molar-refractivity contribution in [3.8, 4) is 0 Å². The van der Waals surface area contributed by atoms with Crippen LogP contribution in [-0.2, 0) is 14.4 Å². The zero-order chi connectivity index (χ0) is 14.3. The van der Waals surface area contributed by atoms with Gasteiger partial charge in [-0.15, -0.1) is 0 Å². The number of carbonyl (C=O) groups is 3. The van der Waals surface area contributed by atoms with Gasteiger partial charge in [0.15, 0.2) is 0 Å². The van der Waals surface area contributed by atoms with Gasteiger partial charge in [0.25, 0.3) is 0 Å². The Morgan fingerprint density at radius 1 is 1.17 bits per heavy atom. The lowest BCUT2D eigenvalue weighted by molar-refractivity contribution is -0.130. The van der Waals surface area contributed by atoms with Crippen LogP contribution in [0.2, 0.25) is 0 Å². The Morgan fingerprint density at radius 3 is 2.11 bits per heavy atom. The summed E-state index contributed by atoms with van der Waals surface area (Å²) in [5.41, 5.74) is 10.7. The second-order valence-corrected chi connectivity index (χ2v) is 4.45. The van der Waals surface area contributed by atoms with E-state index in [-0.39, 0.29) is 24.7 Å². The molecule has 6 N–H and O–H groups in total. The predicted octanol–water partition coefficient (Wildman–Crippen LogP) is -1.53. The summed E-state index contributed by atoms with van der Waals surface area (Å²) in [6, 6.07) is -1.48. The molecule has 104 valence electrons. The molecule has 2 atom stereocenters. The maximum Gasteiger partial charge on any atom is 0.242 e. The highest BCUT2D eigenvalue weighted by atomic mass is 16.2. The van der Waals surface area contributed by atoms with Crippen LogP contribution in [0.1, 0.15) is 26.7 Å². The number of amides is 3. The van der Waals surface area contributed by atoms with Crippen molar-refractivity contribution in [2.24, 2.45) is 17.4 Å². The van der Waals surface area contributed by atoms with Crippen LogP contribution in [0, 0.1) is 5.92 Å². The summed E-state index contributed by atoms with van der Waals surface area (Å²) >= 11 is 0. The molecule has 3 amide bonds. The zero-order valence-corrected chi connectivity index (χ0v) is 11.0. The SMILES string of the molecule is CNC(=O)C(CCC(N)=O)NC(=O)C(N)C(C)C. The minimum Gasteiger partial charge on any atom is -0.370 e. The van der Waals surface area contributed by atoms with Gasteiger partial charge in [0.1, 0.15) is 6.04 Å². The Bertz CT molecular complexity index is 317. The summed E-state index contributed by atoms with van der Waals surface area (Å²) in [5.74, 6) is -1.35. The van der Waals surface area contributed by atoms with E-state index in [1.807, 2.05) is 13.8 Å². The highest BCUT2D eigenvalue weighted by molar-refractivity contribution is 5.90. The van der Waals surface area contributed by atoms with E-state index < -0.39 is 23.9 Å². The Morgan fingerprint density at radius 2 is 1.72 bits per heavy atom. The largest absolute Gasteiger partial charge is 0.370 e. The third-order valence-corrected chi connectivity index (χ3v) is 2.58. The van der Waals surface area contributed by atoms with E-state index in [4.69, 9.17) is 11.5 Å². The molecule has 18 heavy (non-hydrogen) atoms. The van der Waals surface area contributed by atoms with E-state index >= 15 is 0 Å². The molecule has 0 saturated heterocycles. The highest BCUT2D eigenvalue weighted by Crippen LogP contribution is 2.02. The molecule has 0 aromatic rings. The first-order valence-corrected chi connectivity index (χ1v) is 5.85. The van der Waals surface area contributed by atoms with Crippen molar-refractivity contribution in [2.45, 2.75) is 38.8 Å². The van der Waals surface area contributed by atoms with Crippen LogP contribution < -0.4 is 22.1 Å². The third-order valence-electron chi connectivity index (χ3n) is 2.58. The van der Waals surface area contributed by atoms with Gasteiger partial charge < -0.3 is 22.1 Å². The number of rotatable bonds is 7. The number of nitrogens with one attached hydrogen (secondary N) is 2. The molecule has 0 aliphatic carbocycles. The lowest BCUT2D eigenvalue weighted by Gasteiger charge is -2.21. The van der Waals surface area contributed by atoms with Gasteiger partial charge in [0, 0.05) is 13.5 Å². The van der Waals surface area contributed by atoms with E-state index in [1.54, 1.807) is 0 Å². The summed E-state index contributed by atoms with van der Waals surface area (Å²) in [7, 11) is 1.45. The van der Waals surface area contributed by atoms with Gasteiger partial charge in [0.2, 0.25) is 17.7 Å². The lowest BCUT2D eigenvalue weighted by atomic mass is 10.0. The fourth-order valence-electron chi connectivity index (χ4n) is 1.30. The molecule has 0 saturated carbocycles. The van der Waals surface area contributed by atoms with Gasteiger partial charge in [-0.2, -0.15) is 0 Å². The lowest BCUT2D eigenvalue weighted by Crippen LogP contribution is -2.52. The van der Waals surface area contributed by atoms with E-state index in [1.165, 1.54) is 7.05 Å². The topological polar surface area (TPSA) is 127 Å². The van der Waals surface area contributed by atoms with Gasteiger partial charge in [-0.05, 0) is 12.3 Å². The maximum atomic E-state index is 11.7. The second kappa shape index (κ2) is 7.65. The van der Waals surface area contributed by atoms with Gasteiger partial charge in [-0.25, -0.2) is 0 Å². The Labute approximate surface area is 107 Å². The van der Waals surface area contributed by atoms with Gasteiger partial charge in [-0.3, -0.25) is 14.4 Å². The Balaban J connectivity index is 4.53. The Hall–Kier alpha value is -1.63. The van der Waals surface area contributed by atoms with Crippen LogP contribution in [0.3, 0.4) is 0 Å². The smallest absolute Gasteiger partial charge is 0.242 e. The third kappa shape index (κ3) is 5.62. The molecule has 0 aromatic carbocycles. The zero-order valence-electron chi connectivity index (χ0n) is 11.0. The Kier molecular flexibility index (Phi) is 6.96. The maximum absolute atomic E-state index is 11.7. The van der Waals surface area contributed by atoms with Crippen molar-refractivity contribution in [3.05, 3.63) is 0 Å². The van der Waals surface area contributed by atoms with Gasteiger partial charge >= 0.3 is 0 Å². The predicted molar refractivity (Wildman–Crippen MR) is 67.2 cm³/mol. The summed E-state index contributed by atoms with van der Waals surface area (Å²) in [6.07, 6.45) is 0.181. The van der Waals surface area contributed by atoms with Gasteiger partial charge in [-0.1, -0.05) is 13.8 Å². The number of hydrogen-bond donors (Lipinski definition) is 4. The second-order valence-electron chi connectivity index (χ2n) is 4.45. The normalized spacial score (nSPS) is 13.8. The van der Waals surface area contributed by atoms with Crippen molar-refractivity contribution in [2.75, 3.05) is 7.05 Å². The molecule has 0 aliphatic heterocycles. The van der Waals surface area contributed by atoms with E-state index in [9.17, 15) is 14.4 Å². The average molecular weight is 258 g/mol. The first-order chi connectivity index (χ1) is 8.29. The van der Waals surface area contributed by atoms with Crippen LogP contribution in [0.4, 0.5) is 0 Å². The average Bonchev–Trinajstić information content (AvgIpc) is 2.31. The monoisotopic (exact) mass is 258 g/mol. The first-order valence-electron chi connectivity index (χ1n) is 5.85. The molecule has 2 unspecified atom stereocenters. The summed E-state index contributed by atoms with van der Waals surface area (Å²) < 4.78 is 0. The molecule has 0 heterocycles. The van der Waals surface area contributed by atoms with E-state index in [2.05, 4.69) is 10.6 Å². The van der Waals surface area contributed by atoms with Crippen molar-refractivity contribution in [1.29, 1.82) is 0 Å². The minimum atomic E-state index is -0.792. The van der Waals surface area contributed by atoms with E-state index in [0.29, 0.717) is 0 Å². The van der Waals surface area contributed by atoms with Crippen LogP contribution in [-0.4, -0.2) is 36.9 Å². The molecule has 0 aliphatic rings. The standard InChI is InChI=1S/C11H22N4O3/c1-6(2)9(13)11(18)15-7(10(17)14-3)4-5-8(12)16/h6-7,9H,4-5,13H2,1-3H3,(H2,12,16)(H,14,17)(H,15,18). The highest BCUT2D eigenvalue weighted by Gasteiger charge is 2.24. The molecule has 7 nitrogen and oxygen atoms in total. The van der Waals surface area contributed by atoms with Crippen LogP contribution in [0.15, 0.2) is 0 Å². The minimum absolute atomic E-state index is 0.0231. The molecule has 0 fully saturated rings. The molecule has 0 bridgehead atoms. The van der Waals surface area contributed by atoms with E-state index in [0.717, 1.165) is 0 Å². The molecule has 0 aromatic heterocycles. The fraction of sp³-hybridized carbons (Fsp3) is 0.727. The molecule has 0 rings (SSSR count). The van der Waals surface area contributed by atoms with Crippen molar-refractivity contribution in [3.63, 3.8) is 0 Å². The molecule has 7 heteroatoms. The molecule has 0 radical (unpaired) electrons. The number of primary amides is 1. The summed E-state index contributed by atoms with van der Waals surface area (Å²) in [5, 5.41) is 4.94. The number of hydrogen-bond acceptors (Lipinski definition) is 4. The first kappa shape index (κ1) is 16.4. The summed E-state index contributed by atoms with van der Waals surface area (Å²) in [4.78, 5) is 34.0. The van der Waals surface area contributed by atoms with Crippen LogP contribution in [0.5, 0.6) is 0 Å². The van der Waals surface area contributed by atoms with Crippen molar-refractivity contribution >= 4 is 17.7 Å². The number of nitrogens with two attached hydrogens (primary N) is 2. The fourth-order valence-corrected chi connectivity index (χ4v) is 1.30. The molecular formula is C11H22N4O3. The van der Waals surface area contributed by atoms with Gasteiger partial charge in [0.05, 0.1) is 6.04 Å². The number of likely N-dealkylation sites (N-methyl/N-ethyl adjacent to an activating group) is 1. The van der Waals surface area contributed by atoms with Crippen molar-refractivity contribution in [1.82, 2.24) is 10.6 Å². The van der Waals surface area contributed by atoms with Crippen molar-refractivity contribution < 1.29 is 14.4 Å². The molecular weight excluding hydrogens is 236 g/mol. The summed E-state index contributed by atoms with van der Waals surface area (Å²) in [6.45, 7) is 3.62. The van der Waals surface area contributed by atoms with Crippen LogP contribution in [0.25, 0.3) is 0 Å². The quantitative estimate of drug-likeness (QED) is 0.441. The van der Waals surface area contributed by atoms with Crippen LogP contribution >= 0.6 is 0 Å². The number of carbonyl (C=O) groups excluding carboxylic acids is 3. The molecule has 0 spiro atoms.